The van der Waals surface area contributed by atoms with Gasteiger partial charge in [-0.15, -0.1) is 0 Å². The van der Waals surface area contributed by atoms with Crippen LogP contribution < -0.4 is 0 Å². The Morgan fingerprint density at radius 2 is 1.62 bits per heavy atom. The zero-order valence-corrected chi connectivity index (χ0v) is 25.3. The highest BCUT2D eigenvalue weighted by Gasteiger charge is 2.74. The maximum Gasteiger partial charge on any atom is 0.312 e. The maximum absolute atomic E-state index is 13.8. The molecule has 6 nitrogen and oxygen atoms in total. The Labute approximate surface area is 235 Å². The van der Waals surface area contributed by atoms with Crippen molar-refractivity contribution in [3.05, 3.63) is 0 Å². The smallest absolute Gasteiger partial charge is 0.312 e. The highest BCUT2D eigenvalue weighted by Crippen LogP contribution is 2.78. The number of hydrogen-bond acceptors (Lipinski definition) is 6. The molecular formula is C33H52N2O4. The van der Waals surface area contributed by atoms with Crippen molar-refractivity contribution in [1.29, 1.82) is 0 Å². The van der Waals surface area contributed by atoms with E-state index >= 15 is 0 Å². The Morgan fingerprint density at radius 1 is 0.846 bits per heavy atom. The molecular weight excluding hydrogens is 488 g/mol. The maximum atomic E-state index is 13.8. The summed E-state index contributed by atoms with van der Waals surface area (Å²) >= 11 is 0. The molecule has 0 radical (unpaired) electrons. The molecule has 7 rings (SSSR count). The lowest BCUT2D eigenvalue weighted by Gasteiger charge is -2.72. The summed E-state index contributed by atoms with van der Waals surface area (Å²) in [5.74, 6) is 2.39. The largest absolute Gasteiger partial charge is 0.469 e. The van der Waals surface area contributed by atoms with Gasteiger partial charge < -0.3 is 14.6 Å². The van der Waals surface area contributed by atoms with E-state index in [1.165, 1.54) is 25.7 Å². The van der Waals surface area contributed by atoms with E-state index in [1.807, 2.05) is 0 Å². The van der Waals surface area contributed by atoms with E-state index in [2.05, 4.69) is 39.7 Å². The minimum Gasteiger partial charge on any atom is -0.469 e. The van der Waals surface area contributed by atoms with Crippen LogP contribution in [0.25, 0.3) is 0 Å². The predicted octanol–water partition coefficient (Wildman–Crippen LogP) is 6.60. The lowest BCUT2D eigenvalue weighted by Crippen LogP contribution is -2.67. The molecule has 6 heteroatoms. The number of carbonyl (C=O) groups is 1. The molecule has 218 valence electrons. The lowest BCUT2D eigenvalue weighted by atomic mass is 9.32. The van der Waals surface area contributed by atoms with Crippen LogP contribution in [0.1, 0.15) is 105 Å². The zero-order valence-electron chi connectivity index (χ0n) is 25.3. The van der Waals surface area contributed by atoms with Crippen molar-refractivity contribution < 1.29 is 19.4 Å². The van der Waals surface area contributed by atoms with E-state index in [-0.39, 0.29) is 56.7 Å². The van der Waals surface area contributed by atoms with Gasteiger partial charge in [-0.05, 0) is 122 Å². The highest BCUT2D eigenvalue weighted by molar-refractivity contribution is 5.78. The number of aliphatic hydroxyl groups excluding tert-OH is 1. The number of fused-ring (bicyclic) bond motifs is 7. The second-order valence-corrected chi connectivity index (χ2v) is 16.4. The number of ether oxygens (including phenoxy) is 2. The molecule has 0 spiro atoms. The molecule has 0 bridgehead atoms. The van der Waals surface area contributed by atoms with Gasteiger partial charge in [0.15, 0.2) is 0 Å². The number of epoxide rings is 1. The summed E-state index contributed by atoms with van der Waals surface area (Å²) in [6.45, 7) is 14.1. The van der Waals surface area contributed by atoms with Gasteiger partial charge in [-0.2, -0.15) is 10.2 Å². The second kappa shape index (κ2) is 8.30. The fraction of sp³-hybridized carbons (Fsp3) is 0.970. The van der Waals surface area contributed by atoms with Crippen molar-refractivity contribution in [1.82, 2.24) is 0 Å². The number of hydrogen-bond donors (Lipinski definition) is 1. The predicted molar refractivity (Wildman–Crippen MR) is 149 cm³/mol. The van der Waals surface area contributed by atoms with Crippen molar-refractivity contribution in [3.8, 4) is 0 Å². The molecule has 5 saturated carbocycles. The molecule has 7 aliphatic rings. The minimum absolute atomic E-state index is 0.0284. The molecule has 2 aliphatic heterocycles. The first-order valence-electron chi connectivity index (χ1n) is 16.2. The average molecular weight is 541 g/mol. The third kappa shape index (κ3) is 3.15. The zero-order chi connectivity index (χ0) is 27.6. The van der Waals surface area contributed by atoms with E-state index in [0.717, 1.165) is 58.1 Å². The molecule has 5 aliphatic carbocycles. The van der Waals surface area contributed by atoms with Gasteiger partial charge in [0.1, 0.15) is 11.6 Å². The number of rotatable bonds is 3. The van der Waals surface area contributed by atoms with Crippen LogP contribution >= 0.6 is 0 Å². The highest BCUT2D eigenvalue weighted by atomic mass is 16.6. The fourth-order valence-electron chi connectivity index (χ4n) is 13.2. The Hall–Kier alpha value is -1.01. The quantitative estimate of drug-likeness (QED) is 0.323. The summed E-state index contributed by atoms with van der Waals surface area (Å²) in [5.41, 5.74) is 0.0117. The molecule has 0 aromatic heterocycles. The van der Waals surface area contributed by atoms with Crippen LogP contribution in [0, 0.1) is 56.7 Å². The van der Waals surface area contributed by atoms with Gasteiger partial charge in [0.05, 0.1) is 31.8 Å². The van der Waals surface area contributed by atoms with Crippen LogP contribution in [0.2, 0.25) is 0 Å². The second-order valence-electron chi connectivity index (χ2n) is 16.4. The summed E-state index contributed by atoms with van der Waals surface area (Å²) in [7, 11) is 1.60. The van der Waals surface area contributed by atoms with Crippen LogP contribution in [0.4, 0.5) is 0 Å². The number of azo groups is 1. The topological polar surface area (TPSA) is 83.8 Å². The van der Waals surface area contributed by atoms with Crippen LogP contribution in [0.15, 0.2) is 10.2 Å². The average Bonchev–Trinajstić information content (AvgIpc) is 3.51. The molecule has 6 fully saturated rings. The molecule has 1 saturated heterocycles. The number of esters is 1. The lowest BCUT2D eigenvalue weighted by molar-refractivity contribution is -0.250. The summed E-state index contributed by atoms with van der Waals surface area (Å²) in [5, 5.41) is 20.6. The van der Waals surface area contributed by atoms with E-state index in [9.17, 15) is 9.90 Å². The molecule has 12 atom stereocenters. The first-order chi connectivity index (χ1) is 18.4. The third-order valence-electron chi connectivity index (χ3n) is 15.4. The third-order valence-corrected chi connectivity index (χ3v) is 15.4. The molecule has 2 heterocycles. The first-order valence-corrected chi connectivity index (χ1v) is 16.2. The Bertz CT molecular complexity index is 1070. The van der Waals surface area contributed by atoms with Crippen LogP contribution in [-0.2, 0) is 14.3 Å². The first kappa shape index (κ1) is 26.9. The van der Waals surface area contributed by atoms with Crippen molar-refractivity contribution in [2.45, 2.75) is 123 Å². The summed E-state index contributed by atoms with van der Waals surface area (Å²) in [6.07, 6.45) is 11.9. The molecule has 39 heavy (non-hydrogen) atoms. The number of nitrogens with zero attached hydrogens (tertiary/aromatic N) is 2. The van der Waals surface area contributed by atoms with Gasteiger partial charge in [0, 0.05) is 0 Å². The fourth-order valence-corrected chi connectivity index (χ4v) is 13.2. The molecule has 0 aromatic rings. The van der Waals surface area contributed by atoms with E-state index < -0.39 is 0 Å². The summed E-state index contributed by atoms with van der Waals surface area (Å²) < 4.78 is 11.6. The van der Waals surface area contributed by atoms with Gasteiger partial charge in [0.25, 0.3) is 0 Å². The number of aliphatic hydroxyl groups is 1. The normalized spacial score (nSPS) is 57.2. The monoisotopic (exact) mass is 540 g/mol. The Kier molecular flexibility index (Phi) is 5.71. The summed E-state index contributed by atoms with van der Waals surface area (Å²) in [6, 6.07) is 0. The standard InChI is InChI=1S/C33H52N2O4/c1-28(2)22-10-13-31(5)23(29(22,3)12-11-24(28)36)8-7-20-26-21(33(25-19-39-25)17-18-34-35-33)9-14-32(26,27(37)38-6)16-15-30(20,31)4/h20-26,36H,7-19H2,1-6H3/t20-,21-,22+,23-,24+,25-,26+,29+,30-,31-,32+,33+/m1/s1. The van der Waals surface area contributed by atoms with Gasteiger partial charge in [-0.1, -0.05) is 34.6 Å². The summed E-state index contributed by atoms with van der Waals surface area (Å²) in [4.78, 5) is 13.8. The molecule has 1 N–H and O–H groups in total. The van der Waals surface area contributed by atoms with Crippen molar-refractivity contribution in [3.63, 3.8) is 0 Å². The molecule has 0 unspecified atom stereocenters. The Balaban J connectivity index is 1.30. The van der Waals surface area contributed by atoms with Crippen LogP contribution in [0.3, 0.4) is 0 Å². The molecule has 0 aromatic carbocycles. The van der Waals surface area contributed by atoms with Crippen molar-refractivity contribution in [2.75, 3.05) is 20.3 Å². The molecule has 0 amide bonds. The van der Waals surface area contributed by atoms with Crippen LogP contribution in [0.5, 0.6) is 0 Å². The van der Waals surface area contributed by atoms with Crippen LogP contribution in [-0.4, -0.2) is 49.1 Å². The van der Waals surface area contributed by atoms with Gasteiger partial charge in [-0.25, -0.2) is 0 Å². The van der Waals surface area contributed by atoms with Gasteiger partial charge in [0.2, 0.25) is 0 Å². The van der Waals surface area contributed by atoms with Gasteiger partial charge >= 0.3 is 5.97 Å². The number of methoxy groups -OCH3 is 1. The minimum atomic E-state index is -0.384. The van der Waals surface area contributed by atoms with Crippen molar-refractivity contribution >= 4 is 5.97 Å². The number of carbonyl (C=O) groups excluding carboxylic acids is 1. The SMILES string of the molecule is COC(=O)[C@]12CC[C@@H]([C@]3([C@H]4CO4)CCN=N3)[C@@H]1[C@H]1CC[C@@H]3[C@@]4(C)CC[C@H](O)C(C)(C)[C@@H]4CC[C@@]3(C)[C@]1(C)CC2. The van der Waals surface area contributed by atoms with Gasteiger partial charge in [-0.3, -0.25) is 4.79 Å². The van der Waals surface area contributed by atoms with E-state index in [4.69, 9.17) is 14.6 Å². The van der Waals surface area contributed by atoms with E-state index in [0.29, 0.717) is 23.7 Å². The Morgan fingerprint density at radius 3 is 2.28 bits per heavy atom. The van der Waals surface area contributed by atoms with Crippen molar-refractivity contribution in [2.24, 2.45) is 66.9 Å². The van der Waals surface area contributed by atoms with E-state index in [1.54, 1.807) is 7.11 Å².